The van der Waals surface area contributed by atoms with Gasteiger partial charge >= 0.3 is 0 Å². The molecule has 0 amide bonds. The van der Waals surface area contributed by atoms with E-state index < -0.39 is 6.10 Å². The van der Waals surface area contributed by atoms with Crippen molar-refractivity contribution in [3.63, 3.8) is 0 Å². The van der Waals surface area contributed by atoms with Crippen LogP contribution in [0.3, 0.4) is 0 Å². The summed E-state index contributed by atoms with van der Waals surface area (Å²) in [6.45, 7) is 5.12. The van der Waals surface area contributed by atoms with E-state index in [4.69, 9.17) is 9.47 Å². The third kappa shape index (κ3) is 6.24. The van der Waals surface area contributed by atoms with Gasteiger partial charge in [0.2, 0.25) is 0 Å². The van der Waals surface area contributed by atoms with Gasteiger partial charge in [-0.1, -0.05) is 97.1 Å². The van der Waals surface area contributed by atoms with Gasteiger partial charge in [0.1, 0.15) is 6.10 Å². The zero-order valence-electron chi connectivity index (χ0n) is 16.4. The van der Waals surface area contributed by atoms with E-state index in [1.54, 1.807) is 6.08 Å². The molecule has 0 aromatic heterocycles. The zero-order valence-corrected chi connectivity index (χ0v) is 16.4. The van der Waals surface area contributed by atoms with Gasteiger partial charge < -0.3 is 9.47 Å². The van der Waals surface area contributed by atoms with Crippen molar-refractivity contribution in [2.24, 2.45) is 5.92 Å². The Morgan fingerprint density at radius 1 is 0.793 bits per heavy atom. The number of Topliss-reactive ketones (excluding diaryl/α,β-unsaturated/α-hetero) is 1. The normalized spacial score (nSPS) is 12.8. The number of ether oxygens (including phenoxy) is 2. The van der Waals surface area contributed by atoms with Crippen LogP contribution in [0.1, 0.15) is 21.5 Å². The standard InChI is InChI=1S/C26H26O3/c1-2-23(20-28-18-21-12-6-3-7-13-21)26(25(27)24-16-10-5-11-17-24)29-19-22-14-8-4-9-15-22/h2-17,23,26H,1,18-20H2/t23-,26-/m1/s1. The smallest absolute Gasteiger partial charge is 0.192 e. The van der Waals surface area contributed by atoms with Gasteiger partial charge in [0.15, 0.2) is 5.78 Å². The molecule has 3 aromatic carbocycles. The van der Waals surface area contributed by atoms with Crippen molar-refractivity contribution < 1.29 is 14.3 Å². The van der Waals surface area contributed by atoms with Crippen molar-refractivity contribution in [1.29, 1.82) is 0 Å². The predicted molar refractivity (Wildman–Crippen MR) is 116 cm³/mol. The average molecular weight is 386 g/mol. The van der Waals surface area contributed by atoms with Crippen LogP contribution < -0.4 is 0 Å². The molecule has 0 spiro atoms. The molecule has 0 saturated carbocycles. The lowest BCUT2D eigenvalue weighted by Crippen LogP contribution is -2.34. The maximum absolute atomic E-state index is 13.2. The van der Waals surface area contributed by atoms with E-state index in [1.807, 2.05) is 91.0 Å². The van der Waals surface area contributed by atoms with E-state index in [1.165, 1.54) is 0 Å². The molecular weight excluding hydrogens is 360 g/mol. The van der Waals surface area contributed by atoms with E-state index in [9.17, 15) is 4.79 Å². The molecule has 29 heavy (non-hydrogen) atoms. The summed E-state index contributed by atoms with van der Waals surface area (Å²) in [4.78, 5) is 13.2. The van der Waals surface area contributed by atoms with Gasteiger partial charge in [-0.05, 0) is 11.1 Å². The first-order chi connectivity index (χ1) is 14.3. The minimum atomic E-state index is -0.661. The minimum Gasteiger partial charge on any atom is -0.376 e. The van der Waals surface area contributed by atoms with Crippen LogP contribution in [0, 0.1) is 5.92 Å². The number of carbonyl (C=O) groups is 1. The summed E-state index contributed by atoms with van der Waals surface area (Å²) in [5.41, 5.74) is 2.73. The highest BCUT2D eigenvalue weighted by atomic mass is 16.5. The second kappa shape index (κ2) is 11.1. The van der Waals surface area contributed by atoms with Crippen LogP contribution >= 0.6 is 0 Å². The van der Waals surface area contributed by atoms with E-state index in [-0.39, 0.29) is 11.7 Å². The molecular formula is C26H26O3. The van der Waals surface area contributed by atoms with Crippen LogP contribution in [0.25, 0.3) is 0 Å². The zero-order chi connectivity index (χ0) is 20.3. The van der Waals surface area contributed by atoms with Gasteiger partial charge in [-0.25, -0.2) is 0 Å². The number of hydrogen-bond acceptors (Lipinski definition) is 3. The largest absolute Gasteiger partial charge is 0.376 e. The Balaban J connectivity index is 1.70. The molecule has 0 aliphatic carbocycles. The van der Waals surface area contributed by atoms with Crippen molar-refractivity contribution in [2.75, 3.05) is 6.61 Å². The number of carbonyl (C=O) groups excluding carboxylic acids is 1. The Morgan fingerprint density at radius 3 is 1.86 bits per heavy atom. The SMILES string of the molecule is C=C[C@H](COCc1ccccc1)[C@@H](OCc1ccccc1)C(=O)c1ccccc1. The molecule has 0 N–H and O–H groups in total. The maximum atomic E-state index is 13.2. The van der Waals surface area contributed by atoms with Crippen LogP contribution in [0.15, 0.2) is 104 Å². The molecule has 3 nitrogen and oxygen atoms in total. The number of benzene rings is 3. The number of hydrogen-bond donors (Lipinski definition) is 0. The summed E-state index contributed by atoms with van der Waals surface area (Å²) in [5, 5.41) is 0. The third-order valence-corrected chi connectivity index (χ3v) is 4.70. The molecule has 0 unspecified atom stereocenters. The summed E-state index contributed by atoms with van der Waals surface area (Å²) < 4.78 is 12.0. The molecule has 0 fully saturated rings. The fraction of sp³-hybridized carbons (Fsp3) is 0.192. The Kier molecular flexibility index (Phi) is 7.93. The summed E-state index contributed by atoms with van der Waals surface area (Å²) >= 11 is 0. The molecule has 148 valence electrons. The first kappa shape index (κ1) is 20.7. The van der Waals surface area contributed by atoms with Gasteiger partial charge in [-0.3, -0.25) is 4.79 Å². The summed E-state index contributed by atoms with van der Waals surface area (Å²) in [7, 11) is 0. The highest BCUT2D eigenvalue weighted by Gasteiger charge is 2.28. The topological polar surface area (TPSA) is 35.5 Å². The molecule has 3 aromatic rings. The van der Waals surface area contributed by atoms with E-state index in [0.717, 1.165) is 11.1 Å². The maximum Gasteiger partial charge on any atom is 0.192 e. The molecule has 0 heterocycles. The highest BCUT2D eigenvalue weighted by Crippen LogP contribution is 2.19. The minimum absolute atomic E-state index is 0.0604. The Morgan fingerprint density at radius 2 is 1.31 bits per heavy atom. The Bertz CT molecular complexity index is 876. The summed E-state index contributed by atoms with van der Waals surface area (Å²) in [6.07, 6.45) is 1.09. The van der Waals surface area contributed by atoms with Crippen molar-refractivity contribution in [3.05, 3.63) is 120 Å². The Hall–Kier alpha value is -3.01. The fourth-order valence-electron chi connectivity index (χ4n) is 3.09. The number of rotatable bonds is 11. The highest BCUT2D eigenvalue weighted by molar-refractivity contribution is 5.99. The lowest BCUT2D eigenvalue weighted by atomic mass is 9.95. The van der Waals surface area contributed by atoms with Crippen LogP contribution in [-0.4, -0.2) is 18.5 Å². The van der Waals surface area contributed by atoms with E-state index >= 15 is 0 Å². The van der Waals surface area contributed by atoms with Crippen LogP contribution in [0.4, 0.5) is 0 Å². The molecule has 2 atom stereocenters. The molecule has 0 aliphatic rings. The lowest BCUT2D eigenvalue weighted by Gasteiger charge is -2.24. The second-order valence-electron chi connectivity index (χ2n) is 6.85. The van der Waals surface area contributed by atoms with E-state index in [0.29, 0.717) is 25.4 Å². The van der Waals surface area contributed by atoms with Crippen molar-refractivity contribution >= 4 is 5.78 Å². The van der Waals surface area contributed by atoms with Crippen LogP contribution in [-0.2, 0) is 22.7 Å². The first-order valence-corrected chi connectivity index (χ1v) is 9.77. The van der Waals surface area contributed by atoms with Crippen molar-refractivity contribution in [2.45, 2.75) is 19.3 Å². The monoisotopic (exact) mass is 386 g/mol. The fourth-order valence-corrected chi connectivity index (χ4v) is 3.09. The molecule has 3 heteroatoms. The van der Waals surface area contributed by atoms with Crippen molar-refractivity contribution in [3.8, 4) is 0 Å². The number of ketones is 1. The summed E-state index contributed by atoms with van der Waals surface area (Å²) in [5.74, 6) is -0.315. The second-order valence-corrected chi connectivity index (χ2v) is 6.85. The molecule has 3 rings (SSSR count). The first-order valence-electron chi connectivity index (χ1n) is 9.77. The molecule has 0 saturated heterocycles. The lowest BCUT2D eigenvalue weighted by molar-refractivity contribution is -0.00859. The van der Waals surface area contributed by atoms with Gasteiger partial charge in [-0.2, -0.15) is 0 Å². The molecule has 0 aliphatic heterocycles. The molecule has 0 bridgehead atoms. The van der Waals surface area contributed by atoms with Gasteiger partial charge in [0.05, 0.1) is 19.8 Å². The Labute approximate surface area is 172 Å². The predicted octanol–water partition coefficient (Wildman–Crippen LogP) is 5.47. The van der Waals surface area contributed by atoms with Gasteiger partial charge in [-0.15, -0.1) is 6.58 Å². The summed E-state index contributed by atoms with van der Waals surface area (Å²) in [6, 6.07) is 29.0. The van der Waals surface area contributed by atoms with Crippen LogP contribution in [0.2, 0.25) is 0 Å². The third-order valence-electron chi connectivity index (χ3n) is 4.70. The van der Waals surface area contributed by atoms with Gasteiger partial charge in [0, 0.05) is 11.5 Å². The quantitative estimate of drug-likeness (QED) is 0.324. The van der Waals surface area contributed by atoms with Gasteiger partial charge in [0.25, 0.3) is 0 Å². The van der Waals surface area contributed by atoms with Crippen molar-refractivity contribution in [1.82, 2.24) is 0 Å². The molecule has 0 radical (unpaired) electrons. The van der Waals surface area contributed by atoms with Crippen LogP contribution in [0.5, 0.6) is 0 Å². The van der Waals surface area contributed by atoms with E-state index in [2.05, 4.69) is 6.58 Å². The average Bonchev–Trinajstić information content (AvgIpc) is 2.79.